The molecule has 6 heteroatoms. The molecule has 3 aromatic carbocycles. The van der Waals surface area contributed by atoms with Gasteiger partial charge in [-0.05, 0) is 60.5 Å². The van der Waals surface area contributed by atoms with Gasteiger partial charge >= 0.3 is 5.97 Å². The molecule has 0 unspecified atom stereocenters. The largest absolute Gasteiger partial charge is 0.497 e. The summed E-state index contributed by atoms with van der Waals surface area (Å²) in [5.74, 6) is 0.615. The Hall–Kier alpha value is -3.57. The van der Waals surface area contributed by atoms with Gasteiger partial charge in [-0.3, -0.25) is 4.79 Å². The number of esters is 1. The summed E-state index contributed by atoms with van der Waals surface area (Å²) in [6, 6.07) is 17.0. The summed E-state index contributed by atoms with van der Waals surface area (Å²) in [5.41, 5.74) is 2.21. The summed E-state index contributed by atoms with van der Waals surface area (Å²) < 4.78 is 16.4. The number of aryl methyl sites for hydroxylation is 1. The average molecular weight is 421 g/mol. The first-order chi connectivity index (χ1) is 14.4. The molecule has 1 aliphatic heterocycles. The van der Waals surface area contributed by atoms with E-state index in [2.05, 4.69) is 0 Å². The maximum absolute atomic E-state index is 12.8. The number of halogens is 1. The molecule has 1 heterocycles. The van der Waals surface area contributed by atoms with Gasteiger partial charge in [0.05, 0.1) is 18.2 Å². The first-order valence-corrected chi connectivity index (χ1v) is 9.53. The summed E-state index contributed by atoms with van der Waals surface area (Å²) in [6.07, 6.45) is 1.63. The van der Waals surface area contributed by atoms with Gasteiger partial charge in [0.25, 0.3) is 0 Å². The fourth-order valence-corrected chi connectivity index (χ4v) is 3.40. The highest BCUT2D eigenvalue weighted by Crippen LogP contribution is 2.37. The molecule has 0 aliphatic carbocycles. The predicted octanol–water partition coefficient (Wildman–Crippen LogP) is 5.49. The lowest BCUT2D eigenvalue weighted by Gasteiger charge is -2.08. The molecular formula is C24H17ClO5. The number of ether oxygens (including phenoxy) is 3. The first-order valence-electron chi connectivity index (χ1n) is 9.15. The third-order valence-corrected chi connectivity index (χ3v) is 4.84. The van der Waals surface area contributed by atoms with Crippen molar-refractivity contribution in [1.82, 2.24) is 0 Å². The monoisotopic (exact) mass is 420 g/mol. The Morgan fingerprint density at radius 1 is 1.03 bits per heavy atom. The van der Waals surface area contributed by atoms with Crippen molar-refractivity contribution < 1.29 is 23.8 Å². The van der Waals surface area contributed by atoms with Gasteiger partial charge in [-0.15, -0.1) is 0 Å². The van der Waals surface area contributed by atoms with Gasteiger partial charge in [0.2, 0.25) is 5.78 Å². The van der Waals surface area contributed by atoms with Gasteiger partial charge < -0.3 is 14.2 Å². The van der Waals surface area contributed by atoms with Crippen molar-refractivity contribution in [3.63, 3.8) is 0 Å². The van der Waals surface area contributed by atoms with Crippen LogP contribution in [0.1, 0.15) is 31.8 Å². The highest BCUT2D eigenvalue weighted by molar-refractivity contribution is 6.30. The highest BCUT2D eigenvalue weighted by atomic mass is 35.5. The zero-order valence-corrected chi connectivity index (χ0v) is 17.0. The number of hydrogen-bond donors (Lipinski definition) is 0. The number of rotatable bonds is 4. The SMILES string of the molecule is COc1cccc(C(=O)Oc2cc(C)c3c(c2)O/C(=C\c2cccc(Cl)c2)C3=O)c1. The lowest BCUT2D eigenvalue weighted by Crippen LogP contribution is -2.09. The molecule has 0 saturated carbocycles. The van der Waals surface area contributed by atoms with Gasteiger partial charge in [-0.2, -0.15) is 0 Å². The number of Topliss-reactive ketones (excluding diaryl/α,β-unsaturated/α-hetero) is 1. The summed E-state index contributed by atoms with van der Waals surface area (Å²) in [6.45, 7) is 1.77. The normalized spacial score (nSPS) is 13.7. The quantitative estimate of drug-likeness (QED) is 0.317. The van der Waals surface area contributed by atoms with E-state index in [0.717, 1.165) is 5.56 Å². The van der Waals surface area contributed by atoms with Crippen molar-refractivity contribution in [3.8, 4) is 17.2 Å². The number of methoxy groups -OCH3 is 1. The van der Waals surface area contributed by atoms with E-state index in [-0.39, 0.29) is 17.3 Å². The van der Waals surface area contributed by atoms with Crippen LogP contribution in [0.3, 0.4) is 0 Å². The van der Waals surface area contributed by atoms with E-state index in [0.29, 0.717) is 33.2 Å². The van der Waals surface area contributed by atoms with Crippen LogP contribution in [0.5, 0.6) is 17.2 Å². The molecule has 0 atom stereocenters. The summed E-state index contributed by atoms with van der Waals surface area (Å²) in [7, 11) is 1.52. The number of carbonyl (C=O) groups excluding carboxylic acids is 2. The molecule has 0 saturated heterocycles. The Labute approximate surface area is 178 Å². The van der Waals surface area contributed by atoms with E-state index in [1.165, 1.54) is 13.2 Å². The average Bonchev–Trinajstić information content (AvgIpc) is 3.03. The van der Waals surface area contributed by atoms with E-state index in [1.807, 2.05) is 6.07 Å². The minimum absolute atomic E-state index is 0.187. The van der Waals surface area contributed by atoms with Crippen LogP contribution in [0.4, 0.5) is 0 Å². The van der Waals surface area contributed by atoms with Gasteiger partial charge in [0.15, 0.2) is 5.76 Å². The standard InChI is InChI=1S/C24H17ClO5/c1-14-9-19(29-24(27)16-6-4-8-18(12-16)28-2)13-20-22(14)23(26)21(30-20)11-15-5-3-7-17(25)10-15/h3-13H,1-2H3/b21-11-. The molecule has 1 aliphatic rings. The number of ketones is 1. The molecule has 4 rings (SSSR count). The van der Waals surface area contributed by atoms with Crippen molar-refractivity contribution in [2.75, 3.05) is 7.11 Å². The molecule has 0 bridgehead atoms. The fraction of sp³-hybridized carbons (Fsp3) is 0.0833. The molecule has 0 aromatic heterocycles. The maximum Gasteiger partial charge on any atom is 0.343 e. The summed E-state index contributed by atoms with van der Waals surface area (Å²) in [5, 5.41) is 0.565. The van der Waals surface area contributed by atoms with Crippen molar-refractivity contribution in [2.24, 2.45) is 0 Å². The van der Waals surface area contributed by atoms with E-state index in [4.69, 9.17) is 25.8 Å². The molecule has 0 fully saturated rings. The van der Waals surface area contributed by atoms with Gasteiger partial charge in [0, 0.05) is 11.1 Å². The Kier molecular flexibility index (Phi) is 5.29. The minimum atomic E-state index is -0.535. The molecule has 0 radical (unpaired) electrons. The Morgan fingerprint density at radius 3 is 2.60 bits per heavy atom. The van der Waals surface area contributed by atoms with Gasteiger partial charge in [-0.25, -0.2) is 4.79 Å². The highest BCUT2D eigenvalue weighted by Gasteiger charge is 2.30. The first kappa shape index (κ1) is 19.7. The molecule has 0 N–H and O–H groups in total. The summed E-state index contributed by atoms with van der Waals surface area (Å²) in [4.78, 5) is 25.3. The zero-order valence-electron chi connectivity index (χ0n) is 16.3. The maximum atomic E-state index is 12.8. The van der Waals surface area contributed by atoms with Gasteiger partial charge in [0.1, 0.15) is 17.2 Å². The lowest BCUT2D eigenvalue weighted by atomic mass is 10.0. The Morgan fingerprint density at radius 2 is 1.83 bits per heavy atom. The van der Waals surface area contributed by atoms with Crippen LogP contribution in [0.25, 0.3) is 6.08 Å². The smallest absolute Gasteiger partial charge is 0.343 e. The van der Waals surface area contributed by atoms with Crippen LogP contribution in [-0.4, -0.2) is 18.9 Å². The zero-order chi connectivity index (χ0) is 21.3. The molecule has 3 aromatic rings. The van der Waals surface area contributed by atoms with Gasteiger partial charge in [-0.1, -0.05) is 29.8 Å². The topological polar surface area (TPSA) is 61.8 Å². The van der Waals surface area contributed by atoms with E-state index >= 15 is 0 Å². The fourth-order valence-electron chi connectivity index (χ4n) is 3.20. The van der Waals surface area contributed by atoms with E-state index in [9.17, 15) is 9.59 Å². The molecular weight excluding hydrogens is 404 g/mol. The Balaban J connectivity index is 1.60. The molecule has 0 spiro atoms. The molecule has 150 valence electrons. The van der Waals surface area contributed by atoms with Crippen molar-refractivity contribution >= 4 is 29.4 Å². The molecule has 5 nitrogen and oxygen atoms in total. The van der Waals surface area contributed by atoms with Crippen molar-refractivity contribution in [3.05, 3.63) is 93.7 Å². The Bertz CT molecular complexity index is 1200. The minimum Gasteiger partial charge on any atom is -0.497 e. The lowest BCUT2D eigenvalue weighted by molar-refractivity contribution is 0.0734. The van der Waals surface area contributed by atoms with E-state index in [1.54, 1.807) is 61.5 Å². The van der Waals surface area contributed by atoms with E-state index < -0.39 is 5.97 Å². The number of benzene rings is 3. The number of allylic oxidation sites excluding steroid dienone is 1. The predicted molar refractivity (Wildman–Crippen MR) is 114 cm³/mol. The van der Waals surface area contributed by atoms with Crippen molar-refractivity contribution in [2.45, 2.75) is 6.92 Å². The third kappa shape index (κ3) is 3.93. The second-order valence-corrected chi connectivity index (χ2v) is 7.17. The number of hydrogen-bond acceptors (Lipinski definition) is 5. The number of fused-ring (bicyclic) bond motifs is 1. The van der Waals surface area contributed by atoms with Crippen LogP contribution in [0.15, 0.2) is 66.4 Å². The number of carbonyl (C=O) groups is 2. The third-order valence-electron chi connectivity index (χ3n) is 4.61. The molecule has 0 amide bonds. The van der Waals surface area contributed by atoms with Crippen LogP contribution in [0.2, 0.25) is 5.02 Å². The van der Waals surface area contributed by atoms with Crippen LogP contribution in [-0.2, 0) is 0 Å². The van der Waals surface area contributed by atoms with Crippen LogP contribution in [0, 0.1) is 6.92 Å². The van der Waals surface area contributed by atoms with Crippen molar-refractivity contribution in [1.29, 1.82) is 0 Å². The second-order valence-electron chi connectivity index (χ2n) is 6.73. The second kappa shape index (κ2) is 8.05. The molecule has 30 heavy (non-hydrogen) atoms. The van der Waals surface area contributed by atoms with Crippen LogP contribution < -0.4 is 14.2 Å². The van der Waals surface area contributed by atoms with Crippen LogP contribution >= 0.6 is 11.6 Å². The summed E-state index contributed by atoms with van der Waals surface area (Å²) >= 11 is 6.01.